The van der Waals surface area contributed by atoms with E-state index in [1.807, 2.05) is 44.2 Å². The van der Waals surface area contributed by atoms with Gasteiger partial charge in [0.05, 0.1) is 22.1 Å². The van der Waals surface area contributed by atoms with Crippen molar-refractivity contribution < 1.29 is 0 Å². The molecule has 0 saturated carbocycles. The lowest BCUT2D eigenvalue weighted by Gasteiger charge is -2.08. The molecule has 2 aromatic carbocycles. The Morgan fingerprint density at radius 3 is 2.52 bits per heavy atom. The third-order valence-electron chi connectivity index (χ3n) is 4.96. The Balaban J connectivity index is 1.98. The van der Waals surface area contributed by atoms with Crippen molar-refractivity contribution in [3.05, 3.63) is 75.0 Å². The first-order chi connectivity index (χ1) is 13.0. The molecule has 0 N–H and O–H groups in total. The monoisotopic (exact) mass is 371 g/mol. The Morgan fingerprint density at radius 2 is 1.74 bits per heavy atom. The molecule has 132 valence electrons. The Kier molecular flexibility index (Phi) is 3.42. The lowest BCUT2D eigenvalue weighted by atomic mass is 10.0. The van der Waals surface area contributed by atoms with Crippen molar-refractivity contribution >= 4 is 38.1 Å². The van der Waals surface area contributed by atoms with E-state index in [4.69, 9.17) is 4.98 Å². The van der Waals surface area contributed by atoms with Gasteiger partial charge in [-0.15, -0.1) is 11.3 Å². The first kappa shape index (κ1) is 16.1. The molecule has 5 rings (SSSR count). The number of benzene rings is 2. The zero-order valence-corrected chi connectivity index (χ0v) is 16.1. The largest absolute Gasteiger partial charge is 0.268 e. The Morgan fingerprint density at radius 1 is 0.963 bits per heavy atom. The number of pyridine rings is 1. The Hall–Kier alpha value is -3.05. The van der Waals surface area contributed by atoms with Gasteiger partial charge in [0.1, 0.15) is 0 Å². The van der Waals surface area contributed by atoms with Crippen molar-refractivity contribution in [2.24, 2.45) is 0 Å². The second kappa shape index (κ2) is 5.72. The van der Waals surface area contributed by atoms with E-state index in [0.717, 1.165) is 48.6 Å². The van der Waals surface area contributed by atoms with Crippen LogP contribution >= 0.6 is 11.3 Å². The van der Waals surface area contributed by atoms with Gasteiger partial charge in [-0.05, 0) is 38.0 Å². The molecule has 4 nitrogen and oxygen atoms in total. The number of aromatic nitrogens is 3. The topological polar surface area (TPSA) is 47.3 Å². The maximum Gasteiger partial charge on any atom is 0.268 e. The zero-order valence-electron chi connectivity index (χ0n) is 15.3. The molecule has 0 aliphatic carbocycles. The van der Waals surface area contributed by atoms with Crippen LogP contribution in [-0.2, 0) is 0 Å². The molecule has 3 aromatic heterocycles. The highest BCUT2D eigenvalue weighted by atomic mass is 32.1. The van der Waals surface area contributed by atoms with Crippen molar-refractivity contribution in [3.63, 3.8) is 0 Å². The van der Waals surface area contributed by atoms with E-state index in [9.17, 15) is 4.79 Å². The number of aryl methyl sites for hydroxylation is 3. The summed E-state index contributed by atoms with van der Waals surface area (Å²) in [5.41, 5.74) is 5.75. The summed E-state index contributed by atoms with van der Waals surface area (Å²) in [5, 5.41) is 1.50. The fraction of sp³-hybridized carbons (Fsp3) is 0.136. The van der Waals surface area contributed by atoms with E-state index in [1.54, 1.807) is 21.9 Å². The van der Waals surface area contributed by atoms with E-state index in [1.165, 1.54) is 0 Å². The second-order valence-electron chi connectivity index (χ2n) is 6.91. The summed E-state index contributed by atoms with van der Waals surface area (Å²) in [6.45, 7) is 6.14. The summed E-state index contributed by atoms with van der Waals surface area (Å²) in [6, 6.07) is 14.2. The Bertz CT molecular complexity index is 1410. The number of hydrogen-bond acceptors (Lipinski definition) is 4. The highest BCUT2D eigenvalue weighted by Gasteiger charge is 2.18. The zero-order chi connectivity index (χ0) is 18.7. The van der Waals surface area contributed by atoms with Gasteiger partial charge in [0.25, 0.3) is 5.56 Å². The highest BCUT2D eigenvalue weighted by Crippen LogP contribution is 2.31. The van der Waals surface area contributed by atoms with Crippen LogP contribution in [0.3, 0.4) is 0 Å². The van der Waals surface area contributed by atoms with Crippen molar-refractivity contribution in [1.29, 1.82) is 0 Å². The van der Waals surface area contributed by atoms with E-state index in [2.05, 4.69) is 24.0 Å². The van der Waals surface area contributed by atoms with Gasteiger partial charge in [-0.1, -0.05) is 42.0 Å². The molecule has 0 atom stereocenters. The molecule has 0 radical (unpaired) electrons. The van der Waals surface area contributed by atoms with Crippen LogP contribution in [0.1, 0.15) is 16.0 Å². The SMILES string of the molecule is Cc1cc(C)c2ncc3c(=O)n4c(-c5ccccc5)c(C)sc4nc3c2c1. The van der Waals surface area contributed by atoms with Gasteiger partial charge in [0.2, 0.25) is 0 Å². The van der Waals surface area contributed by atoms with Crippen molar-refractivity contribution in [2.45, 2.75) is 20.8 Å². The lowest BCUT2D eigenvalue weighted by molar-refractivity contribution is 1.11. The maximum absolute atomic E-state index is 13.4. The summed E-state index contributed by atoms with van der Waals surface area (Å²) in [5.74, 6) is 0. The predicted octanol–water partition coefficient (Wildman–Crippen LogP) is 5.05. The third kappa shape index (κ3) is 2.32. The molecule has 0 bridgehead atoms. The molecular weight excluding hydrogens is 354 g/mol. The van der Waals surface area contributed by atoms with Gasteiger partial charge in [-0.2, -0.15) is 0 Å². The minimum atomic E-state index is -0.0632. The average molecular weight is 371 g/mol. The minimum Gasteiger partial charge on any atom is -0.268 e. The quantitative estimate of drug-likeness (QED) is 0.387. The summed E-state index contributed by atoms with van der Waals surface area (Å²) >= 11 is 1.55. The van der Waals surface area contributed by atoms with Gasteiger partial charge in [-0.25, -0.2) is 4.98 Å². The predicted molar refractivity (Wildman–Crippen MR) is 112 cm³/mol. The van der Waals surface area contributed by atoms with Crippen molar-refractivity contribution in [3.8, 4) is 11.3 Å². The van der Waals surface area contributed by atoms with Gasteiger partial charge >= 0.3 is 0 Å². The molecule has 0 fully saturated rings. The first-order valence-corrected chi connectivity index (χ1v) is 9.63. The van der Waals surface area contributed by atoms with E-state index >= 15 is 0 Å². The van der Waals surface area contributed by atoms with Crippen LogP contribution in [0.4, 0.5) is 0 Å². The fourth-order valence-corrected chi connectivity index (χ4v) is 4.80. The molecule has 0 unspecified atom stereocenters. The van der Waals surface area contributed by atoms with Crippen LogP contribution in [0.5, 0.6) is 0 Å². The van der Waals surface area contributed by atoms with Gasteiger partial charge in [-0.3, -0.25) is 14.2 Å². The van der Waals surface area contributed by atoms with E-state index in [-0.39, 0.29) is 5.56 Å². The van der Waals surface area contributed by atoms with Crippen LogP contribution in [0.25, 0.3) is 38.0 Å². The number of fused-ring (bicyclic) bond motifs is 4. The normalized spacial score (nSPS) is 11.7. The molecule has 27 heavy (non-hydrogen) atoms. The third-order valence-corrected chi connectivity index (χ3v) is 5.91. The lowest BCUT2D eigenvalue weighted by Crippen LogP contribution is -2.15. The van der Waals surface area contributed by atoms with E-state index < -0.39 is 0 Å². The average Bonchev–Trinajstić information content (AvgIpc) is 2.99. The Labute approximate surface area is 159 Å². The smallest absolute Gasteiger partial charge is 0.268 e. The number of thiazole rings is 1. The molecular formula is C22H17N3OS. The highest BCUT2D eigenvalue weighted by molar-refractivity contribution is 7.17. The second-order valence-corrected chi connectivity index (χ2v) is 8.09. The molecule has 0 aliphatic rings. The molecule has 3 heterocycles. The van der Waals surface area contributed by atoms with Crippen LogP contribution in [-0.4, -0.2) is 14.4 Å². The molecule has 5 aromatic rings. The number of nitrogens with zero attached hydrogens (tertiary/aromatic N) is 3. The minimum absolute atomic E-state index is 0.0632. The van der Waals surface area contributed by atoms with Gasteiger partial charge < -0.3 is 0 Å². The first-order valence-electron chi connectivity index (χ1n) is 8.82. The summed E-state index contributed by atoms with van der Waals surface area (Å²) < 4.78 is 1.73. The van der Waals surface area contributed by atoms with Crippen LogP contribution in [0.15, 0.2) is 53.5 Å². The van der Waals surface area contributed by atoms with Crippen molar-refractivity contribution in [2.75, 3.05) is 0 Å². The van der Waals surface area contributed by atoms with Crippen LogP contribution in [0, 0.1) is 20.8 Å². The summed E-state index contributed by atoms with van der Waals surface area (Å²) in [6.07, 6.45) is 1.67. The van der Waals surface area contributed by atoms with Gasteiger partial charge in [0, 0.05) is 16.5 Å². The number of rotatable bonds is 1. The van der Waals surface area contributed by atoms with Crippen molar-refractivity contribution in [1.82, 2.24) is 14.4 Å². The standard InChI is InChI=1S/C22H17N3OS/c1-12-9-13(2)18-16(10-12)19-17(11-23-18)21(26)25-20(14(3)27-22(25)24-19)15-7-5-4-6-8-15/h4-11H,1-3H3. The molecule has 0 spiro atoms. The summed E-state index contributed by atoms with van der Waals surface area (Å²) in [7, 11) is 0. The van der Waals surface area contributed by atoms with E-state index in [0.29, 0.717) is 5.39 Å². The van der Waals surface area contributed by atoms with Crippen LogP contribution < -0.4 is 5.56 Å². The van der Waals surface area contributed by atoms with Gasteiger partial charge in [0.15, 0.2) is 4.96 Å². The number of hydrogen-bond donors (Lipinski definition) is 0. The summed E-state index contributed by atoms with van der Waals surface area (Å²) in [4.78, 5) is 24.7. The molecule has 0 saturated heterocycles. The molecule has 0 aliphatic heterocycles. The maximum atomic E-state index is 13.4. The molecule has 0 amide bonds. The fourth-order valence-electron chi connectivity index (χ4n) is 3.81. The molecule has 5 heteroatoms. The van der Waals surface area contributed by atoms with Crippen LogP contribution in [0.2, 0.25) is 0 Å².